The molecule has 14 heavy (non-hydrogen) atoms. The van der Waals surface area contributed by atoms with Crippen molar-refractivity contribution in [3.05, 3.63) is 27.7 Å². The van der Waals surface area contributed by atoms with E-state index in [2.05, 4.69) is 33.0 Å². The molecule has 0 aromatic heterocycles. The highest BCUT2D eigenvalue weighted by atomic mass is 79.9. The Morgan fingerprint density at radius 1 is 1.14 bits per heavy atom. The van der Waals surface area contributed by atoms with E-state index < -0.39 is 0 Å². The van der Waals surface area contributed by atoms with Crippen molar-refractivity contribution in [2.45, 2.75) is 19.3 Å². The Hall–Kier alpha value is -0.210. The predicted octanol–water partition coefficient (Wildman–Crippen LogP) is 4.09. The van der Waals surface area contributed by atoms with Crippen LogP contribution in [0.25, 0.3) is 0 Å². The van der Waals surface area contributed by atoms with Crippen LogP contribution in [0.3, 0.4) is 0 Å². The number of halogens is 2. The number of benzene rings is 1. The van der Waals surface area contributed by atoms with Gasteiger partial charge in [-0.25, -0.2) is 0 Å². The molecule has 1 aromatic rings. The molecule has 0 radical (unpaired) electrons. The van der Waals surface area contributed by atoms with Crippen molar-refractivity contribution >= 4 is 33.2 Å². The van der Waals surface area contributed by atoms with Gasteiger partial charge in [-0.05, 0) is 53.4 Å². The third-order valence-corrected chi connectivity index (χ3v) is 3.84. The SMILES string of the molecule is Clc1ccc(N2CCCCC2)cc1Br. The van der Waals surface area contributed by atoms with E-state index in [0.717, 1.165) is 9.50 Å². The minimum atomic E-state index is 0.783. The lowest BCUT2D eigenvalue weighted by Gasteiger charge is -2.29. The molecule has 0 aliphatic carbocycles. The van der Waals surface area contributed by atoms with Crippen LogP contribution in [0.15, 0.2) is 22.7 Å². The Kier molecular flexibility index (Phi) is 3.34. The van der Waals surface area contributed by atoms with Gasteiger partial charge in [0.1, 0.15) is 0 Å². The van der Waals surface area contributed by atoms with Crippen molar-refractivity contribution in [1.29, 1.82) is 0 Å². The van der Waals surface area contributed by atoms with Gasteiger partial charge in [0.05, 0.1) is 5.02 Å². The first-order chi connectivity index (χ1) is 6.77. The van der Waals surface area contributed by atoms with E-state index in [1.807, 2.05) is 6.07 Å². The standard InChI is InChI=1S/C11H13BrClN/c12-10-8-9(4-5-11(10)13)14-6-2-1-3-7-14/h4-5,8H,1-3,6-7H2. The number of piperidine rings is 1. The number of anilines is 1. The maximum absolute atomic E-state index is 5.95. The number of nitrogens with zero attached hydrogens (tertiary/aromatic N) is 1. The van der Waals surface area contributed by atoms with Gasteiger partial charge in [0.2, 0.25) is 0 Å². The first-order valence-electron chi connectivity index (χ1n) is 4.97. The van der Waals surface area contributed by atoms with Gasteiger partial charge in [-0.1, -0.05) is 11.6 Å². The molecule has 0 bridgehead atoms. The molecular weight excluding hydrogens is 261 g/mol. The molecule has 0 saturated carbocycles. The molecule has 3 heteroatoms. The van der Waals surface area contributed by atoms with Gasteiger partial charge in [0.25, 0.3) is 0 Å². The fraction of sp³-hybridized carbons (Fsp3) is 0.455. The Morgan fingerprint density at radius 2 is 1.86 bits per heavy atom. The number of rotatable bonds is 1. The quantitative estimate of drug-likeness (QED) is 0.745. The summed E-state index contributed by atoms with van der Waals surface area (Å²) in [6.45, 7) is 2.35. The molecule has 0 atom stereocenters. The Labute approximate surface area is 98.2 Å². The first-order valence-corrected chi connectivity index (χ1v) is 6.14. The summed E-state index contributed by atoms with van der Waals surface area (Å²) >= 11 is 9.41. The lowest BCUT2D eigenvalue weighted by molar-refractivity contribution is 0.578. The van der Waals surface area contributed by atoms with Crippen LogP contribution >= 0.6 is 27.5 Å². The molecule has 1 heterocycles. The van der Waals surface area contributed by atoms with E-state index in [9.17, 15) is 0 Å². The van der Waals surface area contributed by atoms with Crippen molar-refractivity contribution in [2.75, 3.05) is 18.0 Å². The van der Waals surface area contributed by atoms with E-state index >= 15 is 0 Å². The fourth-order valence-electron chi connectivity index (χ4n) is 1.83. The monoisotopic (exact) mass is 273 g/mol. The molecule has 2 rings (SSSR count). The minimum Gasteiger partial charge on any atom is -0.372 e. The molecule has 1 aromatic carbocycles. The maximum Gasteiger partial charge on any atom is 0.0549 e. The van der Waals surface area contributed by atoms with Crippen molar-refractivity contribution in [3.63, 3.8) is 0 Å². The first kappa shape index (κ1) is 10.3. The largest absolute Gasteiger partial charge is 0.372 e. The molecular formula is C11H13BrClN. The molecule has 1 saturated heterocycles. The highest BCUT2D eigenvalue weighted by molar-refractivity contribution is 9.10. The maximum atomic E-state index is 5.95. The van der Waals surface area contributed by atoms with Crippen LogP contribution in [0.5, 0.6) is 0 Å². The summed E-state index contributed by atoms with van der Waals surface area (Å²) in [7, 11) is 0. The van der Waals surface area contributed by atoms with Crippen molar-refractivity contribution in [2.24, 2.45) is 0 Å². The second-order valence-corrected chi connectivity index (χ2v) is 4.91. The normalized spacial score (nSPS) is 17.1. The van der Waals surface area contributed by atoms with Gasteiger partial charge >= 0.3 is 0 Å². The number of hydrogen-bond acceptors (Lipinski definition) is 1. The van der Waals surface area contributed by atoms with E-state index in [0.29, 0.717) is 0 Å². The summed E-state index contributed by atoms with van der Waals surface area (Å²) in [4.78, 5) is 2.42. The number of hydrogen-bond donors (Lipinski definition) is 0. The second kappa shape index (κ2) is 4.54. The van der Waals surface area contributed by atoms with Gasteiger partial charge < -0.3 is 4.90 Å². The van der Waals surface area contributed by atoms with Crippen LogP contribution < -0.4 is 4.90 Å². The topological polar surface area (TPSA) is 3.24 Å². The summed E-state index contributed by atoms with van der Waals surface area (Å²) in [6, 6.07) is 6.15. The molecule has 1 aliphatic heterocycles. The zero-order chi connectivity index (χ0) is 9.97. The lowest BCUT2D eigenvalue weighted by atomic mass is 10.1. The highest BCUT2D eigenvalue weighted by Gasteiger charge is 2.11. The fourth-order valence-corrected chi connectivity index (χ4v) is 2.32. The Bertz CT molecular complexity index is 321. The summed E-state index contributed by atoms with van der Waals surface area (Å²) in [5.74, 6) is 0. The van der Waals surface area contributed by atoms with E-state index in [-0.39, 0.29) is 0 Å². The summed E-state index contributed by atoms with van der Waals surface area (Å²) in [6.07, 6.45) is 3.98. The van der Waals surface area contributed by atoms with Gasteiger partial charge in [0, 0.05) is 23.2 Å². The van der Waals surface area contributed by atoms with E-state index in [4.69, 9.17) is 11.6 Å². The van der Waals surface area contributed by atoms with Crippen LogP contribution in [0.2, 0.25) is 5.02 Å². The van der Waals surface area contributed by atoms with E-state index in [1.54, 1.807) is 0 Å². The molecule has 76 valence electrons. The Morgan fingerprint density at radius 3 is 2.50 bits per heavy atom. The third-order valence-electron chi connectivity index (χ3n) is 2.62. The van der Waals surface area contributed by atoms with Gasteiger partial charge in [-0.15, -0.1) is 0 Å². The molecule has 0 spiro atoms. The average Bonchev–Trinajstić information content (AvgIpc) is 2.23. The molecule has 0 amide bonds. The summed E-state index contributed by atoms with van der Waals surface area (Å²) in [5, 5.41) is 0.783. The van der Waals surface area contributed by atoms with Gasteiger partial charge in [-0.3, -0.25) is 0 Å². The smallest absolute Gasteiger partial charge is 0.0549 e. The average molecular weight is 275 g/mol. The molecule has 0 unspecified atom stereocenters. The minimum absolute atomic E-state index is 0.783. The van der Waals surface area contributed by atoms with Crippen molar-refractivity contribution in [3.8, 4) is 0 Å². The third kappa shape index (κ3) is 2.23. The van der Waals surface area contributed by atoms with Gasteiger partial charge in [-0.2, -0.15) is 0 Å². The zero-order valence-electron chi connectivity index (χ0n) is 7.97. The predicted molar refractivity (Wildman–Crippen MR) is 65.2 cm³/mol. The van der Waals surface area contributed by atoms with Crippen LogP contribution in [-0.2, 0) is 0 Å². The summed E-state index contributed by atoms with van der Waals surface area (Å²) in [5.41, 5.74) is 1.28. The molecule has 0 N–H and O–H groups in total. The van der Waals surface area contributed by atoms with Gasteiger partial charge in [0.15, 0.2) is 0 Å². The van der Waals surface area contributed by atoms with E-state index in [1.165, 1.54) is 38.0 Å². The molecule has 1 aliphatic rings. The summed E-state index contributed by atoms with van der Waals surface area (Å²) < 4.78 is 0.988. The lowest BCUT2D eigenvalue weighted by Crippen LogP contribution is -2.29. The van der Waals surface area contributed by atoms with Crippen LogP contribution in [0.4, 0.5) is 5.69 Å². The van der Waals surface area contributed by atoms with Crippen LogP contribution in [-0.4, -0.2) is 13.1 Å². The van der Waals surface area contributed by atoms with Crippen LogP contribution in [0, 0.1) is 0 Å². The molecule has 1 fully saturated rings. The Balaban J connectivity index is 2.18. The van der Waals surface area contributed by atoms with Crippen molar-refractivity contribution < 1.29 is 0 Å². The molecule has 1 nitrogen and oxygen atoms in total. The van der Waals surface area contributed by atoms with Crippen molar-refractivity contribution in [1.82, 2.24) is 0 Å². The second-order valence-electron chi connectivity index (χ2n) is 3.65. The van der Waals surface area contributed by atoms with Crippen LogP contribution in [0.1, 0.15) is 19.3 Å². The highest BCUT2D eigenvalue weighted by Crippen LogP contribution is 2.28. The zero-order valence-corrected chi connectivity index (χ0v) is 10.3.